The summed E-state index contributed by atoms with van der Waals surface area (Å²) in [6.07, 6.45) is 2.34. The minimum absolute atomic E-state index is 0.0108. The van der Waals surface area contributed by atoms with E-state index in [0.29, 0.717) is 44.3 Å². The van der Waals surface area contributed by atoms with Gasteiger partial charge in [0.25, 0.3) is 0 Å². The van der Waals surface area contributed by atoms with E-state index < -0.39 is 0 Å². The van der Waals surface area contributed by atoms with Crippen molar-refractivity contribution in [3.8, 4) is 16.9 Å². The van der Waals surface area contributed by atoms with Gasteiger partial charge in [-0.05, 0) is 66.1 Å². The van der Waals surface area contributed by atoms with Crippen LogP contribution in [0.25, 0.3) is 11.1 Å². The van der Waals surface area contributed by atoms with Gasteiger partial charge in [0.1, 0.15) is 5.75 Å². The van der Waals surface area contributed by atoms with Gasteiger partial charge in [-0.3, -0.25) is 4.79 Å². The monoisotopic (exact) mass is 503 g/mol. The van der Waals surface area contributed by atoms with Crippen LogP contribution < -0.4 is 15.4 Å². The van der Waals surface area contributed by atoms with Gasteiger partial charge in [0.05, 0.1) is 18.9 Å². The fraction of sp³-hybridized carbons (Fsp3) is 0.429. The Morgan fingerprint density at radius 1 is 1.19 bits per heavy atom. The van der Waals surface area contributed by atoms with E-state index >= 15 is 0 Å². The number of nitrogens with zero attached hydrogens (tertiary/aromatic N) is 3. The first-order valence-corrected chi connectivity index (χ1v) is 12.9. The van der Waals surface area contributed by atoms with Crippen LogP contribution in [-0.2, 0) is 24.3 Å². The summed E-state index contributed by atoms with van der Waals surface area (Å²) in [6.45, 7) is 6.00. The quantitative estimate of drug-likeness (QED) is 0.482. The number of hydrogen-bond donors (Lipinski definition) is 2. The zero-order valence-corrected chi connectivity index (χ0v) is 21.5. The Labute approximate surface area is 216 Å². The average molecular weight is 504 g/mol. The van der Waals surface area contributed by atoms with Crippen molar-refractivity contribution >= 4 is 11.9 Å². The maximum atomic E-state index is 12.9. The maximum absolute atomic E-state index is 12.9. The van der Waals surface area contributed by atoms with E-state index in [4.69, 9.17) is 9.26 Å². The van der Waals surface area contributed by atoms with Crippen molar-refractivity contribution in [3.63, 3.8) is 0 Å². The van der Waals surface area contributed by atoms with Crippen molar-refractivity contribution in [1.29, 1.82) is 0 Å². The lowest BCUT2D eigenvalue weighted by Gasteiger charge is -2.32. The molecule has 9 heteroatoms. The second-order valence-corrected chi connectivity index (χ2v) is 9.71. The molecule has 3 aromatic rings. The first-order valence-electron chi connectivity index (χ1n) is 12.9. The van der Waals surface area contributed by atoms with Crippen LogP contribution in [0.15, 0.2) is 40.9 Å². The lowest BCUT2D eigenvalue weighted by Crippen LogP contribution is -2.43. The highest BCUT2D eigenvalue weighted by Gasteiger charge is 2.47. The molecular weight excluding hydrogens is 470 g/mol. The SMILES string of the molecule is CCCNC(=O)N1CCc2c(-c3cccc(OC)c3)ccc(CNC(=O)[C@@H]3C[C@H]3c3nc(C)no3)c2C1. The lowest BCUT2D eigenvalue weighted by molar-refractivity contribution is -0.122. The van der Waals surface area contributed by atoms with Crippen LogP contribution in [0, 0.1) is 12.8 Å². The molecular formula is C28H33N5O4. The van der Waals surface area contributed by atoms with Crippen LogP contribution in [-0.4, -0.2) is 47.2 Å². The molecule has 0 unspecified atom stereocenters. The standard InChI is InChI=1S/C28H33N5O4/c1-4-11-29-28(35)33-12-10-22-21(18-6-5-7-20(13-18)36-3)9-8-19(25(22)16-33)15-30-26(34)23-14-24(23)27-31-17(2)32-37-27/h5-9,13,23-24H,4,10-12,14-16H2,1-3H3,(H,29,35)(H,30,34)/t23-,24-/m1/s1. The molecule has 9 nitrogen and oxygen atoms in total. The van der Waals surface area contributed by atoms with Gasteiger partial charge in [0.2, 0.25) is 11.8 Å². The molecule has 1 saturated carbocycles. The molecule has 2 aliphatic rings. The third-order valence-corrected chi connectivity index (χ3v) is 7.14. The van der Waals surface area contributed by atoms with Gasteiger partial charge in [-0.2, -0.15) is 4.98 Å². The summed E-state index contributed by atoms with van der Waals surface area (Å²) in [7, 11) is 1.66. The Morgan fingerprint density at radius 2 is 2.05 bits per heavy atom. The second-order valence-electron chi connectivity index (χ2n) is 9.71. The molecule has 1 aliphatic heterocycles. The van der Waals surface area contributed by atoms with Gasteiger partial charge >= 0.3 is 6.03 Å². The molecule has 1 aromatic heterocycles. The number of nitrogens with one attached hydrogen (secondary N) is 2. The van der Waals surface area contributed by atoms with Crippen molar-refractivity contribution in [2.24, 2.45) is 5.92 Å². The largest absolute Gasteiger partial charge is 0.497 e. The summed E-state index contributed by atoms with van der Waals surface area (Å²) in [5.74, 6) is 1.74. The van der Waals surface area contributed by atoms with E-state index in [0.717, 1.165) is 40.8 Å². The Morgan fingerprint density at radius 3 is 2.81 bits per heavy atom. The first kappa shape index (κ1) is 24.8. The molecule has 0 bridgehead atoms. The predicted octanol–water partition coefficient (Wildman–Crippen LogP) is 3.95. The summed E-state index contributed by atoms with van der Waals surface area (Å²) in [5.41, 5.74) is 5.54. The average Bonchev–Trinajstić information content (AvgIpc) is 3.62. The Kier molecular flexibility index (Phi) is 7.12. The fourth-order valence-corrected chi connectivity index (χ4v) is 5.02. The van der Waals surface area contributed by atoms with E-state index in [-0.39, 0.29) is 23.8 Å². The molecule has 0 spiro atoms. The zero-order valence-electron chi connectivity index (χ0n) is 21.5. The molecule has 2 heterocycles. The van der Waals surface area contributed by atoms with E-state index in [9.17, 15) is 9.59 Å². The van der Waals surface area contributed by atoms with E-state index in [1.165, 1.54) is 5.56 Å². The number of aryl methyl sites for hydroxylation is 1. The molecule has 2 atom stereocenters. The van der Waals surface area contributed by atoms with Crippen LogP contribution in [0.5, 0.6) is 5.75 Å². The smallest absolute Gasteiger partial charge is 0.317 e. The van der Waals surface area contributed by atoms with Gasteiger partial charge in [0, 0.05) is 26.2 Å². The lowest BCUT2D eigenvalue weighted by atomic mass is 9.87. The summed E-state index contributed by atoms with van der Waals surface area (Å²) < 4.78 is 10.7. The van der Waals surface area contributed by atoms with Crippen molar-refractivity contribution in [2.45, 2.75) is 52.1 Å². The number of carbonyl (C=O) groups is 2. The van der Waals surface area contributed by atoms with Gasteiger partial charge in [-0.15, -0.1) is 0 Å². The van der Waals surface area contributed by atoms with Crippen LogP contribution in [0.4, 0.5) is 4.79 Å². The fourth-order valence-electron chi connectivity index (χ4n) is 5.02. The highest BCUT2D eigenvalue weighted by Crippen LogP contribution is 2.46. The van der Waals surface area contributed by atoms with Crippen LogP contribution >= 0.6 is 0 Å². The molecule has 0 saturated heterocycles. The summed E-state index contributed by atoms with van der Waals surface area (Å²) in [5, 5.41) is 9.93. The third-order valence-electron chi connectivity index (χ3n) is 7.14. The summed E-state index contributed by atoms with van der Waals surface area (Å²) in [6, 6.07) is 12.1. The summed E-state index contributed by atoms with van der Waals surface area (Å²) in [4.78, 5) is 31.8. The number of ether oxygens (including phenoxy) is 1. The number of fused-ring (bicyclic) bond motifs is 1. The molecule has 1 aliphatic carbocycles. The normalized spacial score (nSPS) is 18.2. The number of aromatic nitrogens is 2. The van der Waals surface area contributed by atoms with Gasteiger partial charge < -0.3 is 24.8 Å². The second kappa shape index (κ2) is 10.6. The van der Waals surface area contributed by atoms with Gasteiger partial charge in [-0.1, -0.05) is 36.3 Å². The van der Waals surface area contributed by atoms with Crippen molar-refractivity contribution < 1.29 is 18.8 Å². The van der Waals surface area contributed by atoms with E-state index in [1.807, 2.05) is 30.0 Å². The van der Waals surface area contributed by atoms with Crippen LogP contribution in [0.1, 0.15) is 54.1 Å². The number of methoxy groups -OCH3 is 1. The van der Waals surface area contributed by atoms with Gasteiger partial charge in [0.15, 0.2) is 5.82 Å². The third kappa shape index (κ3) is 5.30. The van der Waals surface area contributed by atoms with Crippen molar-refractivity contribution in [2.75, 3.05) is 20.2 Å². The molecule has 2 N–H and O–H groups in total. The topological polar surface area (TPSA) is 110 Å². The Bertz CT molecular complexity index is 1300. The minimum atomic E-state index is -0.150. The highest BCUT2D eigenvalue weighted by molar-refractivity contribution is 5.82. The molecule has 0 radical (unpaired) electrons. The molecule has 37 heavy (non-hydrogen) atoms. The molecule has 2 aromatic carbocycles. The first-order chi connectivity index (χ1) is 18.0. The number of hydrogen-bond acceptors (Lipinski definition) is 6. The zero-order chi connectivity index (χ0) is 25.9. The molecule has 5 rings (SSSR count). The number of urea groups is 1. The highest BCUT2D eigenvalue weighted by atomic mass is 16.5. The van der Waals surface area contributed by atoms with Gasteiger partial charge in [-0.25, -0.2) is 4.79 Å². The predicted molar refractivity (Wildman–Crippen MR) is 138 cm³/mol. The van der Waals surface area contributed by atoms with Crippen molar-refractivity contribution in [3.05, 3.63) is 64.8 Å². The Balaban J connectivity index is 1.37. The number of carbonyl (C=O) groups excluding carboxylic acids is 2. The number of amides is 3. The number of rotatable bonds is 8. The number of benzene rings is 2. The Hall–Kier alpha value is -3.88. The van der Waals surface area contributed by atoms with Crippen molar-refractivity contribution in [1.82, 2.24) is 25.7 Å². The van der Waals surface area contributed by atoms with Crippen LogP contribution in [0.2, 0.25) is 0 Å². The van der Waals surface area contributed by atoms with E-state index in [1.54, 1.807) is 14.0 Å². The minimum Gasteiger partial charge on any atom is -0.497 e. The maximum Gasteiger partial charge on any atom is 0.317 e. The van der Waals surface area contributed by atoms with Crippen LogP contribution in [0.3, 0.4) is 0 Å². The molecule has 3 amide bonds. The molecule has 194 valence electrons. The molecule has 1 fully saturated rings. The summed E-state index contributed by atoms with van der Waals surface area (Å²) >= 11 is 0. The van der Waals surface area contributed by atoms with E-state index in [2.05, 4.69) is 39.0 Å².